The molecule has 0 aliphatic carbocycles. The average Bonchev–Trinajstić information content (AvgIpc) is 3.98. The molecule has 0 saturated heterocycles. The van der Waals surface area contributed by atoms with E-state index in [1.54, 1.807) is 0 Å². The number of hydrogen-bond donors (Lipinski definition) is 0. The van der Waals surface area contributed by atoms with Gasteiger partial charge in [0.15, 0.2) is 0 Å². The summed E-state index contributed by atoms with van der Waals surface area (Å²) in [5.74, 6) is 0. The monoisotopic (exact) mass is 871 g/mol. The second kappa shape index (κ2) is 16.2. The molecular weight excluding hydrogens is 831 g/mol. The summed E-state index contributed by atoms with van der Waals surface area (Å²) in [4.78, 5) is 2.45. The van der Waals surface area contributed by atoms with Crippen molar-refractivity contribution in [3.8, 4) is 55.6 Å². The molecule has 0 saturated carbocycles. The molecule has 0 spiro atoms. The Morgan fingerprint density at radius 3 is 1.58 bits per heavy atom. The Bertz CT molecular complexity index is 3950. The molecule has 0 bridgehead atoms. The number of rotatable bonds is 8. The Morgan fingerprint density at radius 1 is 0.313 bits per heavy atom. The first-order valence-corrected chi connectivity index (χ1v) is 23.6. The maximum absolute atomic E-state index is 6.60. The minimum absolute atomic E-state index is 0.865. The summed E-state index contributed by atoms with van der Waals surface area (Å²) in [6.07, 6.45) is 0. The van der Waals surface area contributed by atoms with E-state index in [1.165, 1.54) is 75.5 Å². The fraction of sp³-hybridized carbons (Fsp3) is 0. The van der Waals surface area contributed by atoms with Gasteiger partial charge in [-0.15, -0.1) is 11.3 Å². The Hall–Kier alpha value is -8.50. The van der Waals surface area contributed by atoms with E-state index < -0.39 is 0 Å². The lowest BCUT2D eigenvalue weighted by Crippen LogP contribution is -2.10. The number of anilines is 3. The third-order valence-electron chi connectivity index (χ3n) is 13.3. The van der Waals surface area contributed by atoms with Gasteiger partial charge in [-0.1, -0.05) is 188 Å². The fourth-order valence-electron chi connectivity index (χ4n) is 9.97. The molecule has 2 aromatic heterocycles. The summed E-state index contributed by atoms with van der Waals surface area (Å²) in [5, 5.41) is 7.12. The molecule has 2 heterocycles. The number of benzene rings is 11. The number of hydrogen-bond acceptors (Lipinski definition) is 3. The van der Waals surface area contributed by atoms with Gasteiger partial charge in [0.1, 0.15) is 11.2 Å². The first kappa shape index (κ1) is 38.9. The molecule has 0 fully saturated rings. The van der Waals surface area contributed by atoms with Gasteiger partial charge in [0.2, 0.25) is 0 Å². The van der Waals surface area contributed by atoms with Gasteiger partial charge in [-0.05, 0) is 127 Å². The number of furan rings is 1. The van der Waals surface area contributed by atoms with Crippen molar-refractivity contribution in [1.82, 2.24) is 0 Å². The fourth-order valence-corrected chi connectivity index (χ4v) is 11.3. The van der Waals surface area contributed by atoms with Crippen LogP contribution in [0.3, 0.4) is 0 Å². The van der Waals surface area contributed by atoms with Crippen LogP contribution in [-0.4, -0.2) is 0 Å². The van der Waals surface area contributed by atoms with Crippen LogP contribution >= 0.6 is 11.3 Å². The van der Waals surface area contributed by atoms with Crippen molar-refractivity contribution in [2.75, 3.05) is 4.90 Å². The standard InChI is InChI=1S/C64H41NOS/c1-5-14-42(15-6-1)49-28-33-55-58-41-52(32-37-60(58)66-61(55)39-49)65(51-30-26-44(27-31-51)48-25-24-47-22-13-23-53(57(47)38-48)45-18-9-3-10-19-45)59-36-35-54(46-20-11-4-12-21-46)64-63(59)56-34-29-50(40-62(56)67-64)43-16-7-2-8-17-43/h1-41H. The second-order valence-electron chi connectivity index (χ2n) is 17.2. The molecular formula is C64H41NOS. The van der Waals surface area contributed by atoms with Crippen LogP contribution in [0.1, 0.15) is 0 Å². The maximum atomic E-state index is 6.60. The molecule has 0 radical (unpaired) electrons. The highest BCUT2D eigenvalue weighted by Gasteiger charge is 2.23. The first-order chi connectivity index (χ1) is 33.2. The van der Waals surface area contributed by atoms with Crippen LogP contribution in [0.4, 0.5) is 17.1 Å². The zero-order chi connectivity index (χ0) is 44.3. The van der Waals surface area contributed by atoms with E-state index in [2.05, 4.69) is 254 Å². The van der Waals surface area contributed by atoms with E-state index >= 15 is 0 Å². The summed E-state index contributed by atoms with van der Waals surface area (Å²) in [6, 6.07) is 90.1. The molecule has 0 amide bonds. The third kappa shape index (κ3) is 6.88. The van der Waals surface area contributed by atoms with Crippen molar-refractivity contribution >= 4 is 81.3 Å². The van der Waals surface area contributed by atoms with E-state index in [1.807, 2.05) is 11.3 Å². The second-order valence-corrected chi connectivity index (χ2v) is 18.3. The van der Waals surface area contributed by atoms with Crippen molar-refractivity contribution in [1.29, 1.82) is 0 Å². The summed E-state index contributed by atoms with van der Waals surface area (Å²) in [5.41, 5.74) is 17.0. The minimum atomic E-state index is 0.865. The van der Waals surface area contributed by atoms with Crippen LogP contribution in [-0.2, 0) is 0 Å². The zero-order valence-electron chi connectivity index (χ0n) is 36.4. The number of nitrogens with zero attached hydrogens (tertiary/aromatic N) is 1. The molecule has 0 aliphatic heterocycles. The normalized spacial score (nSPS) is 11.6. The molecule has 2 nitrogen and oxygen atoms in total. The predicted molar refractivity (Wildman–Crippen MR) is 286 cm³/mol. The van der Waals surface area contributed by atoms with Gasteiger partial charge >= 0.3 is 0 Å². The van der Waals surface area contributed by atoms with Crippen LogP contribution in [0.5, 0.6) is 0 Å². The SMILES string of the molecule is c1ccc(-c2ccc3c(c2)oc2ccc(N(c4ccc(-c5ccc6cccc(-c7ccccc7)c6c5)cc4)c4ccc(-c5ccccc5)c5sc6cc(-c7ccccc7)ccc6c45)cc23)cc1. The van der Waals surface area contributed by atoms with Gasteiger partial charge in [-0.25, -0.2) is 0 Å². The van der Waals surface area contributed by atoms with Gasteiger partial charge in [0, 0.05) is 42.3 Å². The van der Waals surface area contributed by atoms with Crippen molar-refractivity contribution in [3.63, 3.8) is 0 Å². The lowest BCUT2D eigenvalue weighted by Gasteiger charge is -2.27. The molecule has 67 heavy (non-hydrogen) atoms. The van der Waals surface area contributed by atoms with E-state index in [9.17, 15) is 0 Å². The number of fused-ring (bicyclic) bond motifs is 7. The van der Waals surface area contributed by atoms with Gasteiger partial charge in [-0.3, -0.25) is 0 Å². The molecule has 11 aromatic carbocycles. The smallest absolute Gasteiger partial charge is 0.136 e. The van der Waals surface area contributed by atoms with Crippen molar-refractivity contribution < 1.29 is 4.42 Å². The van der Waals surface area contributed by atoms with Gasteiger partial charge in [0.25, 0.3) is 0 Å². The van der Waals surface area contributed by atoms with Gasteiger partial charge in [-0.2, -0.15) is 0 Å². The van der Waals surface area contributed by atoms with Crippen LogP contribution < -0.4 is 4.90 Å². The van der Waals surface area contributed by atoms with E-state index in [0.29, 0.717) is 0 Å². The lowest BCUT2D eigenvalue weighted by atomic mass is 9.94. The van der Waals surface area contributed by atoms with Crippen molar-refractivity contribution in [3.05, 3.63) is 249 Å². The van der Waals surface area contributed by atoms with Gasteiger partial charge in [0.05, 0.1) is 5.69 Å². The summed E-state index contributed by atoms with van der Waals surface area (Å²) < 4.78 is 9.12. The lowest BCUT2D eigenvalue weighted by molar-refractivity contribution is 0.669. The topological polar surface area (TPSA) is 16.4 Å². The molecule has 0 unspecified atom stereocenters. The number of thiophene rings is 1. The summed E-state index contributed by atoms with van der Waals surface area (Å²) >= 11 is 1.88. The van der Waals surface area contributed by atoms with Crippen molar-refractivity contribution in [2.24, 2.45) is 0 Å². The average molecular weight is 872 g/mol. The van der Waals surface area contributed by atoms with Crippen LogP contribution in [0, 0.1) is 0 Å². The third-order valence-corrected chi connectivity index (χ3v) is 14.5. The van der Waals surface area contributed by atoms with E-state index in [-0.39, 0.29) is 0 Å². The molecule has 0 atom stereocenters. The Kier molecular flexibility index (Phi) is 9.40. The van der Waals surface area contributed by atoms with E-state index in [4.69, 9.17) is 4.42 Å². The molecule has 3 heteroatoms. The minimum Gasteiger partial charge on any atom is -0.456 e. The van der Waals surface area contributed by atoms with Crippen LogP contribution in [0.25, 0.3) is 109 Å². The maximum Gasteiger partial charge on any atom is 0.136 e. The molecule has 314 valence electrons. The Labute approximate surface area is 392 Å². The Morgan fingerprint density at radius 2 is 0.881 bits per heavy atom. The molecule has 13 rings (SSSR count). The first-order valence-electron chi connectivity index (χ1n) is 22.8. The molecule has 13 aromatic rings. The van der Waals surface area contributed by atoms with Crippen LogP contribution in [0.15, 0.2) is 253 Å². The zero-order valence-corrected chi connectivity index (χ0v) is 37.3. The molecule has 0 aliphatic rings. The highest BCUT2D eigenvalue weighted by molar-refractivity contribution is 7.26. The van der Waals surface area contributed by atoms with Crippen molar-refractivity contribution in [2.45, 2.75) is 0 Å². The van der Waals surface area contributed by atoms with Crippen LogP contribution in [0.2, 0.25) is 0 Å². The highest BCUT2D eigenvalue weighted by atomic mass is 32.1. The summed E-state index contributed by atoms with van der Waals surface area (Å²) in [6.45, 7) is 0. The largest absolute Gasteiger partial charge is 0.456 e. The molecule has 0 N–H and O–H groups in total. The summed E-state index contributed by atoms with van der Waals surface area (Å²) in [7, 11) is 0. The highest BCUT2D eigenvalue weighted by Crippen LogP contribution is 2.50. The predicted octanol–water partition coefficient (Wildman–Crippen LogP) is 18.9. The quantitative estimate of drug-likeness (QED) is 0.151. The van der Waals surface area contributed by atoms with Gasteiger partial charge < -0.3 is 9.32 Å². The van der Waals surface area contributed by atoms with E-state index in [0.717, 1.165) is 50.1 Å². The Balaban J connectivity index is 1.01.